The van der Waals surface area contributed by atoms with E-state index in [4.69, 9.17) is 4.74 Å². The van der Waals surface area contributed by atoms with Crippen molar-refractivity contribution in [2.75, 3.05) is 38.2 Å². The molecule has 1 aliphatic rings. The fraction of sp³-hybridized carbons (Fsp3) is 0.233. The zero-order valence-corrected chi connectivity index (χ0v) is 25.1. The number of hydrogen-bond donors (Lipinski definition) is 0. The van der Waals surface area contributed by atoms with Crippen LogP contribution in [0.1, 0.15) is 21.1 Å². The Morgan fingerprint density at radius 1 is 1.02 bits per heavy atom. The van der Waals surface area contributed by atoms with E-state index in [0.717, 1.165) is 28.4 Å². The van der Waals surface area contributed by atoms with Gasteiger partial charge in [-0.15, -0.1) is 21.5 Å². The van der Waals surface area contributed by atoms with E-state index >= 15 is 0 Å². The topological polar surface area (TPSA) is 89.3 Å². The number of thiazole rings is 1. The largest absolute Gasteiger partial charge is 0.495 e. The maximum Gasteiger partial charge on any atom is 0.416 e. The third-order valence-electron chi connectivity index (χ3n) is 7.08. The number of carbonyl (C=O) groups excluding carboxylic acids is 1. The molecule has 1 aliphatic heterocycles. The molecule has 14 heteroatoms. The second-order valence-corrected chi connectivity index (χ2v) is 11.7. The number of hydrogen-bond acceptors (Lipinski definition) is 9. The van der Waals surface area contributed by atoms with E-state index in [1.807, 2.05) is 45.9 Å². The number of benzene rings is 2. The van der Waals surface area contributed by atoms with Crippen LogP contribution in [0.5, 0.6) is 5.75 Å². The summed E-state index contributed by atoms with van der Waals surface area (Å²) in [6.07, 6.45) is -0.983. The van der Waals surface area contributed by atoms with E-state index in [1.54, 1.807) is 35.8 Å². The van der Waals surface area contributed by atoms with Crippen LogP contribution >= 0.6 is 23.1 Å². The number of rotatable bonds is 8. The lowest BCUT2D eigenvalue weighted by molar-refractivity contribution is -0.137. The molecule has 1 amide bonds. The monoisotopic (exact) mass is 637 g/mol. The van der Waals surface area contributed by atoms with Crippen molar-refractivity contribution in [2.45, 2.75) is 17.1 Å². The molecule has 1 fully saturated rings. The standard InChI is InChI=1S/C30H26F3N7O2S2/c1-42-25-10-3-2-9-24(25)40-27(20-6-5-11-34-17-20)36-37-29(40)44-19-26-35-23(18-43-26)28(41)39-14-12-38(13-15-39)22-8-4-7-21(16-22)30(31,32)33/h2-11,16-18H,12-15,19H2,1H3. The summed E-state index contributed by atoms with van der Waals surface area (Å²) < 4.78 is 47.0. The van der Waals surface area contributed by atoms with Crippen LogP contribution in [0.3, 0.4) is 0 Å². The van der Waals surface area contributed by atoms with Crippen molar-refractivity contribution >= 4 is 34.7 Å². The molecule has 1 saturated heterocycles. The lowest BCUT2D eigenvalue weighted by Gasteiger charge is -2.36. The van der Waals surface area contributed by atoms with E-state index in [0.29, 0.717) is 60.0 Å². The van der Waals surface area contributed by atoms with E-state index < -0.39 is 11.7 Å². The Bertz CT molecular complexity index is 1750. The number of para-hydroxylation sites is 2. The van der Waals surface area contributed by atoms with Crippen molar-refractivity contribution < 1.29 is 22.7 Å². The highest BCUT2D eigenvalue weighted by Gasteiger charge is 2.31. The molecule has 3 aromatic heterocycles. The van der Waals surface area contributed by atoms with Gasteiger partial charge in [-0.2, -0.15) is 13.2 Å². The molecule has 4 heterocycles. The van der Waals surface area contributed by atoms with Gasteiger partial charge >= 0.3 is 6.18 Å². The van der Waals surface area contributed by atoms with Crippen LogP contribution in [0.4, 0.5) is 18.9 Å². The van der Waals surface area contributed by atoms with Gasteiger partial charge in [-0.05, 0) is 42.5 Å². The van der Waals surface area contributed by atoms with Gasteiger partial charge in [0.25, 0.3) is 5.91 Å². The summed E-state index contributed by atoms with van der Waals surface area (Å²) in [6.45, 7) is 1.63. The first-order valence-corrected chi connectivity index (χ1v) is 15.5. The minimum absolute atomic E-state index is 0.197. The Labute approximate surface area is 259 Å². The predicted molar refractivity (Wildman–Crippen MR) is 162 cm³/mol. The van der Waals surface area contributed by atoms with Gasteiger partial charge in [-0.3, -0.25) is 14.3 Å². The molecular formula is C30H26F3N7O2S2. The number of piperazine rings is 1. The van der Waals surface area contributed by atoms with Gasteiger partial charge in [0, 0.05) is 55.2 Å². The van der Waals surface area contributed by atoms with Crippen molar-refractivity contribution in [3.8, 4) is 22.8 Å². The molecule has 2 aromatic carbocycles. The highest BCUT2D eigenvalue weighted by Crippen LogP contribution is 2.34. The van der Waals surface area contributed by atoms with E-state index in [2.05, 4.69) is 20.2 Å². The summed E-state index contributed by atoms with van der Waals surface area (Å²) in [7, 11) is 1.61. The number of amides is 1. The number of halogens is 3. The van der Waals surface area contributed by atoms with Crippen molar-refractivity contribution in [3.63, 3.8) is 0 Å². The molecule has 0 atom stereocenters. The highest BCUT2D eigenvalue weighted by atomic mass is 32.2. The fourth-order valence-electron chi connectivity index (χ4n) is 4.89. The summed E-state index contributed by atoms with van der Waals surface area (Å²) >= 11 is 2.83. The predicted octanol–water partition coefficient (Wildman–Crippen LogP) is 6.07. The first-order chi connectivity index (χ1) is 21.3. The number of ether oxygens (including phenoxy) is 1. The number of anilines is 1. The van der Waals surface area contributed by atoms with Crippen molar-refractivity contribution in [3.05, 3.63) is 94.7 Å². The van der Waals surface area contributed by atoms with Gasteiger partial charge in [0.2, 0.25) is 0 Å². The van der Waals surface area contributed by atoms with Crippen LogP contribution < -0.4 is 9.64 Å². The van der Waals surface area contributed by atoms with E-state index in [-0.39, 0.29) is 5.91 Å². The van der Waals surface area contributed by atoms with Crippen molar-refractivity contribution in [1.29, 1.82) is 0 Å². The molecule has 0 unspecified atom stereocenters. The average molecular weight is 638 g/mol. The quantitative estimate of drug-likeness (QED) is 0.190. The molecule has 0 radical (unpaired) electrons. The first kappa shape index (κ1) is 29.6. The third kappa shape index (κ3) is 6.26. The molecule has 0 saturated carbocycles. The van der Waals surface area contributed by atoms with Gasteiger partial charge in [0.15, 0.2) is 11.0 Å². The summed E-state index contributed by atoms with van der Waals surface area (Å²) in [4.78, 5) is 25.6. The number of nitrogens with zero attached hydrogens (tertiary/aromatic N) is 7. The third-order valence-corrected chi connectivity index (χ3v) is 9.05. The van der Waals surface area contributed by atoms with Crippen molar-refractivity contribution in [2.24, 2.45) is 0 Å². The summed E-state index contributed by atoms with van der Waals surface area (Å²) in [5.41, 5.74) is 1.73. The van der Waals surface area contributed by atoms with Crippen LogP contribution in [0.25, 0.3) is 17.1 Å². The molecule has 6 rings (SSSR count). The lowest BCUT2D eigenvalue weighted by atomic mass is 10.1. The molecule has 0 spiro atoms. The fourth-order valence-corrected chi connectivity index (χ4v) is 6.62. The van der Waals surface area contributed by atoms with Crippen LogP contribution in [0.2, 0.25) is 0 Å². The Morgan fingerprint density at radius 2 is 1.84 bits per heavy atom. The zero-order valence-electron chi connectivity index (χ0n) is 23.4. The Balaban J connectivity index is 1.13. The first-order valence-electron chi connectivity index (χ1n) is 13.6. The SMILES string of the molecule is COc1ccccc1-n1c(SCc2nc(C(=O)N3CCN(c4cccc(C(F)(F)F)c4)CC3)cs2)nnc1-c1cccnc1. The molecule has 0 N–H and O–H groups in total. The Hall–Kier alpha value is -4.43. The molecule has 0 aliphatic carbocycles. The van der Waals surface area contributed by atoms with E-state index in [9.17, 15) is 18.0 Å². The van der Waals surface area contributed by atoms with Crippen LogP contribution in [-0.2, 0) is 11.9 Å². The highest BCUT2D eigenvalue weighted by molar-refractivity contribution is 7.98. The number of methoxy groups -OCH3 is 1. The second-order valence-electron chi connectivity index (χ2n) is 9.80. The zero-order chi connectivity index (χ0) is 30.7. The van der Waals surface area contributed by atoms with E-state index in [1.165, 1.54) is 29.2 Å². The molecular weight excluding hydrogens is 612 g/mol. The summed E-state index contributed by atoms with van der Waals surface area (Å²) in [5, 5.41) is 12.0. The minimum atomic E-state index is -4.40. The van der Waals surface area contributed by atoms with Crippen LogP contribution in [0, 0.1) is 0 Å². The normalized spacial score (nSPS) is 13.7. The van der Waals surface area contributed by atoms with Gasteiger partial charge in [0.05, 0.1) is 24.1 Å². The summed E-state index contributed by atoms with van der Waals surface area (Å²) in [6, 6.07) is 16.6. The number of thioether (sulfide) groups is 1. The Kier molecular flexibility index (Phi) is 8.53. The van der Waals surface area contributed by atoms with Gasteiger partial charge in [0.1, 0.15) is 16.5 Å². The second kappa shape index (κ2) is 12.7. The van der Waals surface area contributed by atoms with Gasteiger partial charge in [-0.25, -0.2) is 4.98 Å². The molecule has 9 nitrogen and oxygen atoms in total. The molecule has 226 valence electrons. The molecule has 0 bridgehead atoms. The minimum Gasteiger partial charge on any atom is -0.495 e. The lowest BCUT2D eigenvalue weighted by Crippen LogP contribution is -2.49. The number of pyridine rings is 1. The van der Waals surface area contributed by atoms with Crippen molar-refractivity contribution in [1.82, 2.24) is 29.6 Å². The molecule has 5 aromatic rings. The van der Waals surface area contributed by atoms with Gasteiger partial charge in [-0.1, -0.05) is 30.0 Å². The van der Waals surface area contributed by atoms with Gasteiger partial charge < -0.3 is 14.5 Å². The average Bonchev–Trinajstić information content (AvgIpc) is 3.71. The maximum atomic E-state index is 13.2. The maximum absolute atomic E-state index is 13.2. The smallest absolute Gasteiger partial charge is 0.416 e. The van der Waals surface area contributed by atoms with Crippen LogP contribution in [-0.4, -0.2) is 68.8 Å². The van der Waals surface area contributed by atoms with Crippen LogP contribution in [0.15, 0.2) is 83.6 Å². The summed E-state index contributed by atoms with van der Waals surface area (Å²) in [5.74, 6) is 1.54. The number of aromatic nitrogens is 5. The Morgan fingerprint density at radius 3 is 2.59 bits per heavy atom. The number of alkyl halides is 3. The number of carbonyl (C=O) groups is 1. The molecule has 44 heavy (non-hydrogen) atoms.